The van der Waals surface area contributed by atoms with Crippen LogP contribution in [0, 0.1) is 0 Å². The van der Waals surface area contributed by atoms with Crippen LogP contribution in [0.25, 0.3) is 10.9 Å². The van der Waals surface area contributed by atoms with E-state index in [1.807, 2.05) is 30.3 Å². The number of aromatic nitrogens is 1. The number of amides is 2. The van der Waals surface area contributed by atoms with E-state index in [-0.39, 0.29) is 18.2 Å². The number of hydrogen-bond acceptors (Lipinski definition) is 4. The maximum absolute atomic E-state index is 12.4. The molecule has 1 fully saturated rings. The summed E-state index contributed by atoms with van der Waals surface area (Å²) in [5, 5.41) is 0.969. The van der Waals surface area contributed by atoms with Gasteiger partial charge in [-0.15, -0.1) is 0 Å². The van der Waals surface area contributed by atoms with Crippen molar-refractivity contribution in [3.05, 3.63) is 36.0 Å². The van der Waals surface area contributed by atoms with Crippen LogP contribution in [-0.2, 0) is 16.0 Å². The molecule has 0 spiro atoms. The van der Waals surface area contributed by atoms with Crippen LogP contribution in [0.4, 0.5) is 5.69 Å². The van der Waals surface area contributed by atoms with Crippen molar-refractivity contribution in [2.75, 3.05) is 31.9 Å². The number of carbonyl (C=O) groups excluding carboxylic acids is 2. The van der Waals surface area contributed by atoms with Crippen molar-refractivity contribution in [1.29, 1.82) is 0 Å². The van der Waals surface area contributed by atoms with Gasteiger partial charge in [0.2, 0.25) is 11.8 Å². The number of pyridine rings is 1. The number of rotatable bonds is 2. The topological polar surface area (TPSA) is 79.5 Å². The molecule has 3 rings (SSSR count). The molecule has 0 radical (unpaired) electrons. The van der Waals surface area contributed by atoms with Gasteiger partial charge in [-0.25, -0.2) is 0 Å². The number of nitrogens with two attached hydrogens (primary N) is 1. The van der Waals surface area contributed by atoms with E-state index in [9.17, 15) is 9.59 Å². The Morgan fingerprint density at radius 1 is 1.09 bits per heavy atom. The number of nitrogens with zero attached hydrogens (tertiary/aromatic N) is 3. The molecule has 6 heteroatoms. The molecule has 1 aromatic carbocycles. The number of fused-ring (bicyclic) bond motifs is 1. The Bertz CT molecular complexity index is 751. The first-order valence-electron chi connectivity index (χ1n) is 7.71. The van der Waals surface area contributed by atoms with Crippen molar-refractivity contribution in [3.8, 4) is 0 Å². The van der Waals surface area contributed by atoms with E-state index >= 15 is 0 Å². The van der Waals surface area contributed by atoms with Gasteiger partial charge in [-0.3, -0.25) is 14.6 Å². The molecular weight excluding hydrogens is 292 g/mol. The quantitative estimate of drug-likeness (QED) is 0.841. The van der Waals surface area contributed by atoms with Crippen molar-refractivity contribution >= 4 is 28.4 Å². The second kappa shape index (κ2) is 6.24. The van der Waals surface area contributed by atoms with Crippen LogP contribution in [0.3, 0.4) is 0 Å². The first kappa shape index (κ1) is 15.3. The molecule has 2 N–H and O–H groups in total. The van der Waals surface area contributed by atoms with Crippen molar-refractivity contribution in [1.82, 2.24) is 14.8 Å². The van der Waals surface area contributed by atoms with Crippen molar-refractivity contribution in [3.63, 3.8) is 0 Å². The minimum atomic E-state index is 0.0514. The highest BCUT2D eigenvalue weighted by Gasteiger charge is 2.22. The molecule has 0 aliphatic carbocycles. The molecule has 1 aliphatic rings. The van der Waals surface area contributed by atoms with E-state index in [4.69, 9.17) is 5.73 Å². The number of anilines is 1. The summed E-state index contributed by atoms with van der Waals surface area (Å²) in [4.78, 5) is 31.8. The largest absolute Gasteiger partial charge is 0.399 e. The van der Waals surface area contributed by atoms with E-state index in [0.29, 0.717) is 31.9 Å². The van der Waals surface area contributed by atoms with Crippen LogP contribution < -0.4 is 5.73 Å². The fourth-order valence-corrected chi connectivity index (χ4v) is 2.82. The summed E-state index contributed by atoms with van der Waals surface area (Å²) in [5.74, 6) is 0.114. The Morgan fingerprint density at radius 3 is 2.48 bits per heavy atom. The standard InChI is InChI=1S/C17H20N4O2/c1-12(22)20-6-8-21(9-7-20)17(23)11-15-4-2-13-10-14(18)3-5-16(13)19-15/h2-5,10H,6-9,11,18H2,1H3. The molecular formula is C17H20N4O2. The van der Waals surface area contributed by atoms with Gasteiger partial charge in [0.15, 0.2) is 0 Å². The minimum absolute atomic E-state index is 0.0514. The van der Waals surface area contributed by atoms with Gasteiger partial charge in [-0.05, 0) is 24.3 Å². The third-order valence-corrected chi connectivity index (χ3v) is 4.18. The molecule has 0 saturated carbocycles. The monoisotopic (exact) mass is 312 g/mol. The predicted molar refractivity (Wildman–Crippen MR) is 88.7 cm³/mol. The Morgan fingerprint density at radius 2 is 1.78 bits per heavy atom. The van der Waals surface area contributed by atoms with Crippen LogP contribution >= 0.6 is 0 Å². The molecule has 2 amide bonds. The zero-order chi connectivity index (χ0) is 16.4. The summed E-state index contributed by atoms with van der Waals surface area (Å²) in [6.45, 7) is 3.94. The lowest BCUT2D eigenvalue weighted by molar-refractivity contribution is -0.138. The lowest BCUT2D eigenvalue weighted by atomic mass is 10.1. The number of hydrogen-bond donors (Lipinski definition) is 1. The summed E-state index contributed by atoms with van der Waals surface area (Å²) in [7, 11) is 0. The van der Waals surface area contributed by atoms with Gasteiger partial charge in [0, 0.05) is 44.2 Å². The number of nitrogen functional groups attached to an aromatic ring is 1. The van der Waals surface area contributed by atoms with Gasteiger partial charge in [-0.2, -0.15) is 0 Å². The Hall–Kier alpha value is -2.63. The van der Waals surface area contributed by atoms with Gasteiger partial charge in [0.25, 0.3) is 0 Å². The fraction of sp³-hybridized carbons (Fsp3) is 0.353. The smallest absolute Gasteiger partial charge is 0.228 e. The van der Waals surface area contributed by atoms with Crippen LogP contribution in [0.2, 0.25) is 0 Å². The molecule has 2 heterocycles. The average molecular weight is 312 g/mol. The zero-order valence-corrected chi connectivity index (χ0v) is 13.2. The third-order valence-electron chi connectivity index (χ3n) is 4.18. The predicted octanol–water partition coefficient (Wildman–Crippen LogP) is 1.05. The average Bonchev–Trinajstić information content (AvgIpc) is 2.55. The Balaban J connectivity index is 1.66. The molecule has 0 bridgehead atoms. The molecule has 1 aromatic heterocycles. The van der Waals surface area contributed by atoms with E-state index in [2.05, 4.69) is 4.98 Å². The Labute approximate surface area is 134 Å². The lowest BCUT2D eigenvalue weighted by Crippen LogP contribution is -2.50. The molecule has 120 valence electrons. The molecule has 23 heavy (non-hydrogen) atoms. The van der Waals surface area contributed by atoms with Crippen LogP contribution in [0.15, 0.2) is 30.3 Å². The molecule has 1 aliphatic heterocycles. The summed E-state index contributed by atoms with van der Waals surface area (Å²) < 4.78 is 0. The molecule has 2 aromatic rings. The van der Waals surface area contributed by atoms with Gasteiger partial charge in [-0.1, -0.05) is 6.07 Å². The zero-order valence-electron chi connectivity index (χ0n) is 13.2. The van der Waals surface area contributed by atoms with Crippen LogP contribution in [-0.4, -0.2) is 52.8 Å². The second-order valence-corrected chi connectivity index (χ2v) is 5.82. The number of carbonyl (C=O) groups is 2. The normalized spacial score (nSPS) is 15.0. The van der Waals surface area contributed by atoms with Crippen molar-refractivity contribution < 1.29 is 9.59 Å². The van der Waals surface area contributed by atoms with Crippen molar-refractivity contribution in [2.45, 2.75) is 13.3 Å². The maximum atomic E-state index is 12.4. The molecule has 0 atom stereocenters. The van der Waals surface area contributed by atoms with Gasteiger partial charge in [0.1, 0.15) is 0 Å². The number of piperazine rings is 1. The highest BCUT2D eigenvalue weighted by molar-refractivity contribution is 5.84. The third kappa shape index (κ3) is 3.41. The number of benzene rings is 1. The molecule has 6 nitrogen and oxygen atoms in total. The van der Waals surface area contributed by atoms with Crippen LogP contribution in [0.5, 0.6) is 0 Å². The second-order valence-electron chi connectivity index (χ2n) is 5.82. The van der Waals surface area contributed by atoms with E-state index in [1.165, 1.54) is 0 Å². The van der Waals surface area contributed by atoms with E-state index in [1.54, 1.807) is 16.7 Å². The molecule has 1 saturated heterocycles. The SMILES string of the molecule is CC(=O)N1CCN(C(=O)Cc2ccc3cc(N)ccc3n2)CC1. The first-order valence-corrected chi connectivity index (χ1v) is 7.71. The van der Waals surface area contributed by atoms with Gasteiger partial charge >= 0.3 is 0 Å². The highest BCUT2D eigenvalue weighted by Crippen LogP contribution is 2.16. The maximum Gasteiger partial charge on any atom is 0.228 e. The summed E-state index contributed by atoms with van der Waals surface area (Å²) in [6.07, 6.45) is 0.278. The van der Waals surface area contributed by atoms with Crippen molar-refractivity contribution in [2.24, 2.45) is 0 Å². The molecule has 0 unspecified atom stereocenters. The first-order chi connectivity index (χ1) is 11.0. The van der Waals surface area contributed by atoms with Crippen LogP contribution in [0.1, 0.15) is 12.6 Å². The fourth-order valence-electron chi connectivity index (χ4n) is 2.82. The lowest BCUT2D eigenvalue weighted by Gasteiger charge is -2.34. The van der Waals surface area contributed by atoms with E-state index < -0.39 is 0 Å². The summed E-state index contributed by atoms with van der Waals surface area (Å²) in [5.41, 5.74) is 8.05. The van der Waals surface area contributed by atoms with E-state index in [0.717, 1.165) is 16.6 Å². The van der Waals surface area contributed by atoms with Gasteiger partial charge in [0.05, 0.1) is 17.6 Å². The summed E-state index contributed by atoms with van der Waals surface area (Å²) >= 11 is 0. The van der Waals surface area contributed by atoms with Gasteiger partial charge < -0.3 is 15.5 Å². The minimum Gasteiger partial charge on any atom is -0.399 e. The Kier molecular flexibility index (Phi) is 4.14. The highest BCUT2D eigenvalue weighted by atomic mass is 16.2. The summed E-state index contributed by atoms with van der Waals surface area (Å²) in [6, 6.07) is 9.35.